The highest BCUT2D eigenvalue weighted by Crippen LogP contribution is 2.43. The van der Waals surface area contributed by atoms with Crippen molar-refractivity contribution in [3.8, 4) is 0 Å². The quantitative estimate of drug-likeness (QED) is 0.821. The van der Waals surface area contributed by atoms with Crippen LogP contribution in [0, 0.1) is 19.3 Å². The fraction of sp³-hybridized carbons (Fsp3) is 0.571. The first-order valence-electron chi connectivity index (χ1n) is 9.39. The third-order valence-corrected chi connectivity index (χ3v) is 5.04. The van der Waals surface area contributed by atoms with Crippen LogP contribution in [0.15, 0.2) is 0 Å². The molecule has 1 aromatic carbocycles. The van der Waals surface area contributed by atoms with E-state index in [1.165, 1.54) is 6.92 Å². The molecule has 2 rings (SSSR count). The molecule has 0 aliphatic carbocycles. The minimum Gasteiger partial charge on any atom is -0.466 e. The standard InChI is InChI=1S/C21H30N2O4/c1-8-27-17(25)11-16-12(2)15-9-10-23(14(4)24)19(15)18(13(16)3)22-20(26)21(5,6)7/h8-11H2,1-7H3,(H,22,26). The van der Waals surface area contributed by atoms with Gasteiger partial charge in [-0.3, -0.25) is 14.4 Å². The normalized spacial score (nSPS) is 13.4. The Kier molecular flexibility index (Phi) is 5.97. The molecule has 0 saturated heterocycles. The van der Waals surface area contributed by atoms with Crippen LogP contribution in [0.3, 0.4) is 0 Å². The van der Waals surface area contributed by atoms with Gasteiger partial charge in [0.05, 0.1) is 24.4 Å². The molecule has 1 aliphatic heterocycles. The van der Waals surface area contributed by atoms with Gasteiger partial charge in [0.15, 0.2) is 0 Å². The summed E-state index contributed by atoms with van der Waals surface area (Å²) in [6, 6.07) is 0. The molecule has 0 unspecified atom stereocenters. The van der Waals surface area contributed by atoms with E-state index in [4.69, 9.17) is 4.74 Å². The maximum absolute atomic E-state index is 12.7. The van der Waals surface area contributed by atoms with Crippen LogP contribution in [0.2, 0.25) is 0 Å². The van der Waals surface area contributed by atoms with Crippen LogP contribution >= 0.6 is 0 Å². The Morgan fingerprint density at radius 1 is 1.15 bits per heavy atom. The lowest BCUT2D eigenvalue weighted by Crippen LogP contribution is -2.31. The Labute approximate surface area is 161 Å². The molecule has 27 heavy (non-hydrogen) atoms. The number of hydrogen-bond donors (Lipinski definition) is 1. The van der Waals surface area contributed by atoms with Crippen molar-refractivity contribution >= 4 is 29.2 Å². The third kappa shape index (κ3) is 4.15. The number of amides is 2. The fourth-order valence-corrected chi connectivity index (χ4v) is 3.45. The molecule has 1 heterocycles. The molecular weight excluding hydrogens is 344 g/mol. The fourth-order valence-electron chi connectivity index (χ4n) is 3.45. The summed E-state index contributed by atoms with van der Waals surface area (Å²) < 4.78 is 5.12. The second-order valence-electron chi connectivity index (χ2n) is 8.04. The van der Waals surface area contributed by atoms with Gasteiger partial charge in [-0.1, -0.05) is 20.8 Å². The minimum atomic E-state index is -0.578. The van der Waals surface area contributed by atoms with E-state index in [9.17, 15) is 14.4 Å². The Bertz CT molecular complexity index is 791. The Balaban J connectivity index is 2.64. The molecule has 0 aromatic heterocycles. The molecule has 0 saturated carbocycles. The largest absolute Gasteiger partial charge is 0.466 e. The summed E-state index contributed by atoms with van der Waals surface area (Å²) in [5, 5.41) is 3.02. The van der Waals surface area contributed by atoms with Gasteiger partial charge in [-0.05, 0) is 49.4 Å². The number of fused-ring (bicyclic) bond motifs is 1. The van der Waals surface area contributed by atoms with Crippen molar-refractivity contribution < 1.29 is 19.1 Å². The number of rotatable bonds is 4. The van der Waals surface area contributed by atoms with E-state index in [1.54, 1.807) is 11.8 Å². The summed E-state index contributed by atoms with van der Waals surface area (Å²) in [5.41, 5.74) is 4.50. The first-order valence-corrected chi connectivity index (χ1v) is 9.39. The molecule has 6 nitrogen and oxygen atoms in total. The van der Waals surface area contributed by atoms with Crippen molar-refractivity contribution in [2.24, 2.45) is 5.41 Å². The first kappa shape index (κ1) is 20.9. The van der Waals surface area contributed by atoms with Crippen LogP contribution in [0.5, 0.6) is 0 Å². The van der Waals surface area contributed by atoms with Gasteiger partial charge in [0.25, 0.3) is 0 Å². The van der Waals surface area contributed by atoms with Crippen molar-refractivity contribution in [3.63, 3.8) is 0 Å². The average molecular weight is 374 g/mol. The second-order valence-corrected chi connectivity index (χ2v) is 8.04. The number of anilines is 2. The van der Waals surface area contributed by atoms with E-state index in [0.29, 0.717) is 25.3 Å². The topological polar surface area (TPSA) is 75.7 Å². The number of hydrogen-bond acceptors (Lipinski definition) is 4. The number of carbonyl (C=O) groups is 3. The highest BCUT2D eigenvalue weighted by molar-refractivity contribution is 6.05. The molecule has 0 spiro atoms. The van der Waals surface area contributed by atoms with Crippen molar-refractivity contribution in [2.45, 2.75) is 61.3 Å². The molecule has 2 amide bonds. The lowest BCUT2D eigenvalue weighted by atomic mass is 9.90. The Hall–Kier alpha value is -2.37. The summed E-state index contributed by atoms with van der Waals surface area (Å²) in [6.07, 6.45) is 0.854. The predicted molar refractivity (Wildman–Crippen MR) is 106 cm³/mol. The predicted octanol–water partition coefficient (Wildman–Crippen LogP) is 3.30. The van der Waals surface area contributed by atoms with Crippen molar-refractivity contribution in [1.29, 1.82) is 0 Å². The SMILES string of the molecule is CCOC(=O)Cc1c(C)c2c(c(NC(=O)C(C)(C)C)c1C)N(C(C)=O)CC2. The molecular formula is C21H30N2O4. The smallest absolute Gasteiger partial charge is 0.310 e. The van der Waals surface area contributed by atoms with Gasteiger partial charge < -0.3 is 15.0 Å². The second kappa shape index (κ2) is 7.71. The monoisotopic (exact) mass is 374 g/mol. The zero-order chi connectivity index (χ0) is 20.5. The van der Waals surface area contributed by atoms with Crippen molar-refractivity contribution in [1.82, 2.24) is 0 Å². The molecule has 1 aliphatic rings. The number of esters is 1. The van der Waals surface area contributed by atoms with Gasteiger partial charge in [-0.2, -0.15) is 0 Å². The molecule has 1 N–H and O–H groups in total. The van der Waals surface area contributed by atoms with Crippen LogP contribution in [-0.4, -0.2) is 30.9 Å². The number of benzene rings is 1. The zero-order valence-electron chi connectivity index (χ0n) is 17.4. The van der Waals surface area contributed by atoms with E-state index < -0.39 is 5.41 Å². The van der Waals surface area contributed by atoms with Crippen LogP contribution in [0.4, 0.5) is 11.4 Å². The highest BCUT2D eigenvalue weighted by Gasteiger charge is 2.33. The molecule has 0 atom stereocenters. The van der Waals surface area contributed by atoms with E-state index in [1.807, 2.05) is 34.6 Å². The summed E-state index contributed by atoms with van der Waals surface area (Å²) in [7, 11) is 0. The summed E-state index contributed by atoms with van der Waals surface area (Å²) in [4.78, 5) is 38.6. The number of ether oxygens (including phenoxy) is 1. The van der Waals surface area contributed by atoms with Gasteiger partial charge in [0.1, 0.15) is 0 Å². The number of carbonyl (C=O) groups excluding carboxylic acids is 3. The van der Waals surface area contributed by atoms with Crippen molar-refractivity contribution in [2.75, 3.05) is 23.4 Å². The zero-order valence-corrected chi connectivity index (χ0v) is 17.4. The molecule has 0 fully saturated rings. The van der Waals surface area contributed by atoms with E-state index in [2.05, 4.69) is 5.32 Å². The third-order valence-electron chi connectivity index (χ3n) is 5.04. The lowest BCUT2D eigenvalue weighted by Gasteiger charge is -2.26. The van der Waals surface area contributed by atoms with E-state index in [-0.39, 0.29) is 24.2 Å². The summed E-state index contributed by atoms with van der Waals surface area (Å²) in [5.74, 6) is -0.482. The number of nitrogens with one attached hydrogen (secondary N) is 1. The van der Waals surface area contributed by atoms with Gasteiger partial charge in [-0.25, -0.2) is 0 Å². The molecule has 1 aromatic rings. The molecule has 6 heteroatoms. The maximum Gasteiger partial charge on any atom is 0.310 e. The molecule has 0 bridgehead atoms. The van der Waals surface area contributed by atoms with Crippen LogP contribution < -0.4 is 10.2 Å². The van der Waals surface area contributed by atoms with Gasteiger partial charge in [0.2, 0.25) is 11.8 Å². The van der Waals surface area contributed by atoms with Gasteiger partial charge in [-0.15, -0.1) is 0 Å². The minimum absolute atomic E-state index is 0.0584. The lowest BCUT2D eigenvalue weighted by molar-refractivity contribution is -0.142. The summed E-state index contributed by atoms with van der Waals surface area (Å²) >= 11 is 0. The van der Waals surface area contributed by atoms with E-state index >= 15 is 0 Å². The van der Waals surface area contributed by atoms with Gasteiger partial charge in [0, 0.05) is 18.9 Å². The first-order chi connectivity index (χ1) is 12.5. The van der Waals surface area contributed by atoms with Crippen LogP contribution in [0.25, 0.3) is 0 Å². The summed E-state index contributed by atoms with van der Waals surface area (Å²) in [6.45, 7) is 13.6. The average Bonchev–Trinajstić information content (AvgIpc) is 2.99. The van der Waals surface area contributed by atoms with E-state index in [0.717, 1.165) is 27.9 Å². The molecule has 148 valence electrons. The van der Waals surface area contributed by atoms with Gasteiger partial charge >= 0.3 is 5.97 Å². The molecule has 0 radical (unpaired) electrons. The van der Waals surface area contributed by atoms with Crippen LogP contribution in [-0.2, 0) is 32.0 Å². The number of nitrogens with zero attached hydrogens (tertiary/aromatic N) is 1. The van der Waals surface area contributed by atoms with Crippen molar-refractivity contribution in [3.05, 3.63) is 22.3 Å². The Morgan fingerprint density at radius 3 is 2.30 bits per heavy atom. The Morgan fingerprint density at radius 2 is 1.78 bits per heavy atom. The van der Waals surface area contributed by atoms with Crippen LogP contribution in [0.1, 0.15) is 56.9 Å². The maximum atomic E-state index is 12.7. The highest BCUT2D eigenvalue weighted by atomic mass is 16.5.